The standard InChI is InChI=1S/C13H20N2O/c16-11-13(6-2-1-3-7-13)10-15-12-5-4-8-14-9-12/h4-5,8-9,15-16H,1-3,6-7,10-11H2. The maximum Gasteiger partial charge on any atom is 0.0526 e. The molecule has 2 rings (SSSR count). The molecule has 0 atom stereocenters. The number of aromatic nitrogens is 1. The van der Waals surface area contributed by atoms with Gasteiger partial charge in [0.05, 0.1) is 12.3 Å². The highest BCUT2D eigenvalue weighted by Gasteiger charge is 2.30. The molecule has 1 aliphatic carbocycles. The van der Waals surface area contributed by atoms with Gasteiger partial charge in [0, 0.05) is 24.4 Å². The average Bonchev–Trinajstić information content (AvgIpc) is 2.39. The predicted molar refractivity (Wildman–Crippen MR) is 65.3 cm³/mol. The molecule has 88 valence electrons. The Balaban J connectivity index is 1.92. The van der Waals surface area contributed by atoms with Crippen molar-refractivity contribution in [3.63, 3.8) is 0 Å². The Labute approximate surface area is 96.9 Å². The molecule has 1 saturated carbocycles. The largest absolute Gasteiger partial charge is 0.396 e. The van der Waals surface area contributed by atoms with Crippen LogP contribution in [0.1, 0.15) is 32.1 Å². The van der Waals surface area contributed by atoms with Gasteiger partial charge in [-0.2, -0.15) is 0 Å². The average molecular weight is 220 g/mol. The van der Waals surface area contributed by atoms with Crippen molar-refractivity contribution in [3.8, 4) is 0 Å². The summed E-state index contributed by atoms with van der Waals surface area (Å²) in [5.74, 6) is 0. The number of hydrogen-bond donors (Lipinski definition) is 2. The van der Waals surface area contributed by atoms with E-state index in [-0.39, 0.29) is 5.41 Å². The van der Waals surface area contributed by atoms with Crippen LogP contribution in [0.4, 0.5) is 5.69 Å². The molecule has 3 heteroatoms. The fourth-order valence-electron chi connectivity index (χ4n) is 2.45. The molecule has 3 nitrogen and oxygen atoms in total. The monoisotopic (exact) mass is 220 g/mol. The van der Waals surface area contributed by atoms with E-state index in [0.717, 1.165) is 25.1 Å². The van der Waals surface area contributed by atoms with Gasteiger partial charge in [-0.25, -0.2) is 0 Å². The fourth-order valence-corrected chi connectivity index (χ4v) is 2.45. The van der Waals surface area contributed by atoms with Crippen LogP contribution in [0, 0.1) is 5.41 Å². The number of nitrogens with one attached hydrogen (secondary N) is 1. The van der Waals surface area contributed by atoms with Crippen LogP contribution in [-0.2, 0) is 0 Å². The number of pyridine rings is 1. The van der Waals surface area contributed by atoms with Crippen LogP contribution in [0.2, 0.25) is 0 Å². The molecule has 0 unspecified atom stereocenters. The Hall–Kier alpha value is -1.09. The lowest BCUT2D eigenvalue weighted by molar-refractivity contribution is 0.0944. The minimum Gasteiger partial charge on any atom is -0.396 e. The minimum absolute atomic E-state index is 0.0914. The van der Waals surface area contributed by atoms with Gasteiger partial charge in [0.15, 0.2) is 0 Å². The fraction of sp³-hybridized carbons (Fsp3) is 0.615. The molecule has 1 heterocycles. The topological polar surface area (TPSA) is 45.1 Å². The van der Waals surface area contributed by atoms with Crippen LogP contribution in [0.3, 0.4) is 0 Å². The Morgan fingerprint density at radius 1 is 1.31 bits per heavy atom. The maximum atomic E-state index is 9.56. The second-order valence-corrected chi connectivity index (χ2v) is 4.81. The molecule has 16 heavy (non-hydrogen) atoms. The van der Waals surface area contributed by atoms with Gasteiger partial charge in [0.2, 0.25) is 0 Å². The van der Waals surface area contributed by atoms with E-state index in [9.17, 15) is 5.11 Å². The van der Waals surface area contributed by atoms with Crippen LogP contribution < -0.4 is 5.32 Å². The maximum absolute atomic E-state index is 9.56. The zero-order chi connectivity index (χ0) is 11.3. The molecule has 0 radical (unpaired) electrons. The van der Waals surface area contributed by atoms with Gasteiger partial charge >= 0.3 is 0 Å². The third-order valence-corrected chi connectivity index (χ3v) is 3.58. The molecule has 0 aromatic carbocycles. The first-order chi connectivity index (χ1) is 7.85. The van der Waals surface area contributed by atoms with Crippen LogP contribution in [0.25, 0.3) is 0 Å². The van der Waals surface area contributed by atoms with E-state index < -0.39 is 0 Å². The summed E-state index contributed by atoms with van der Waals surface area (Å²) in [7, 11) is 0. The zero-order valence-electron chi connectivity index (χ0n) is 9.65. The molecular formula is C13H20N2O. The van der Waals surface area contributed by atoms with Crippen molar-refractivity contribution in [2.45, 2.75) is 32.1 Å². The van der Waals surface area contributed by atoms with Crippen molar-refractivity contribution in [1.29, 1.82) is 0 Å². The first kappa shape index (κ1) is 11.4. The molecule has 0 bridgehead atoms. The molecular weight excluding hydrogens is 200 g/mol. The Bertz CT molecular complexity index is 307. The number of aliphatic hydroxyl groups excluding tert-OH is 1. The highest BCUT2D eigenvalue weighted by Crippen LogP contribution is 2.35. The highest BCUT2D eigenvalue weighted by molar-refractivity contribution is 5.39. The van der Waals surface area contributed by atoms with Gasteiger partial charge in [-0.05, 0) is 25.0 Å². The summed E-state index contributed by atoms with van der Waals surface area (Å²) in [5, 5.41) is 12.9. The summed E-state index contributed by atoms with van der Waals surface area (Å²) in [4.78, 5) is 4.07. The number of hydrogen-bond acceptors (Lipinski definition) is 3. The van der Waals surface area contributed by atoms with Gasteiger partial charge in [0.25, 0.3) is 0 Å². The molecule has 1 aromatic rings. The predicted octanol–water partition coefficient (Wildman–Crippen LogP) is 2.44. The number of aliphatic hydroxyl groups is 1. The van der Waals surface area contributed by atoms with Gasteiger partial charge in [-0.3, -0.25) is 4.98 Å². The van der Waals surface area contributed by atoms with Crippen molar-refractivity contribution in [2.24, 2.45) is 5.41 Å². The summed E-state index contributed by atoms with van der Waals surface area (Å²) in [6.45, 7) is 1.15. The lowest BCUT2D eigenvalue weighted by Gasteiger charge is -2.35. The van der Waals surface area contributed by atoms with Crippen LogP contribution in [0.5, 0.6) is 0 Å². The van der Waals surface area contributed by atoms with E-state index in [0.29, 0.717) is 6.61 Å². The summed E-state index contributed by atoms with van der Waals surface area (Å²) in [6, 6.07) is 3.94. The molecule has 0 spiro atoms. The van der Waals surface area contributed by atoms with Crippen molar-refractivity contribution >= 4 is 5.69 Å². The second-order valence-electron chi connectivity index (χ2n) is 4.81. The first-order valence-corrected chi connectivity index (χ1v) is 6.09. The minimum atomic E-state index is 0.0914. The van der Waals surface area contributed by atoms with Crippen molar-refractivity contribution < 1.29 is 5.11 Å². The van der Waals surface area contributed by atoms with Crippen LogP contribution in [-0.4, -0.2) is 23.2 Å². The second kappa shape index (κ2) is 5.30. The molecule has 1 aliphatic rings. The first-order valence-electron chi connectivity index (χ1n) is 6.09. The Morgan fingerprint density at radius 3 is 2.75 bits per heavy atom. The van der Waals surface area contributed by atoms with Crippen molar-refractivity contribution in [2.75, 3.05) is 18.5 Å². The van der Waals surface area contributed by atoms with E-state index in [1.165, 1.54) is 19.3 Å². The van der Waals surface area contributed by atoms with E-state index in [4.69, 9.17) is 0 Å². The highest BCUT2D eigenvalue weighted by atomic mass is 16.3. The Kier molecular flexibility index (Phi) is 3.78. The van der Waals surface area contributed by atoms with E-state index in [2.05, 4.69) is 10.3 Å². The number of nitrogens with zero attached hydrogens (tertiary/aromatic N) is 1. The number of anilines is 1. The van der Waals surface area contributed by atoms with Gasteiger partial charge < -0.3 is 10.4 Å². The van der Waals surface area contributed by atoms with Crippen LogP contribution >= 0.6 is 0 Å². The summed E-state index contributed by atoms with van der Waals surface area (Å²) < 4.78 is 0. The summed E-state index contributed by atoms with van der Waals surface area (Å²) in [5.41, 5.74) is 1.13. The normalized spacial score (nSPS) is 19.3. The smallest absolute Gasteiger partial charge is 0.0526 e. The number of rotatable bonds is 4. The molecule has 0 amide bonds. The molecule has 0 saturated heterocycles. The molecule has 0 aliphatic heterocycles. The van der Waals surface area contributed by atoms with E-state index in [1.54, 1.807) is 6.20 Å². The van der Waals surface area contributed by atoms with Crippen LogP contribution in [0.15, 0.2) is 24.5 Å². The summed E-state index contributed by atoms with van der Waals surface area (Å²) in [6.07, 6.45) is 9.67. The van der Waals surface area contributed by atoms with Crippen molar-refractivity contribution in [3.05, 3.63) is 24.5 Å². The lowest BCUT2D eigenvalue weighted by atomic mass is 9.74. The quantitative estimate of drug-likeness (QED) is 0.819. The SMILES string of the molecule is OCC1(CNc2cccnc2)CCCCC1. The molecule has 1 aromatic heterocycles. The van der Waals surface area contributed by atoms with Gasteiger partial charge in [0.1, 0.15) is 0 Å². The molecule has 2 N–H and O–H groups in total. The lowest BCUT2D eigenvalue weighted by Crippen LogP contribution is -2.35. The third kappa shape index (κ3) is 2.73. The Morgan fingerprint density at radius 2 is 2.12 bits per heavy atom. The van der Waals surface area contributed by atoms with Gasteiger partial charge in [-0.1, -0.05) is 19.3 Å². The zero-order valence-corrected chi connectivity index (χ0v) is 9.65. The third-order valence-electron chi connectivity index (χ3n) is 3.58. The van der Waals surface area contributed by atoms with E-state index >= 15 is 0 Å². The van der Waals surface area contributed by atoms with Gasteiger partial charge in [-0.15, -0.1) is 0 Å². The molecule has 1 fully saturated rings. The van der Waals surface area contributed by atoms with E-state index in [1.807, 2.05) is 18.3 Å². The van der Waals surface area contributed by atoms with Crippen molar-refractivity contribution in [1.82, 2.24) is 4.98 Å². The summed E-state index contributed by atoms with van der Waals surface area (Å²) >= 11 is 0.